The van der Waals surface area contributed by atoms with Crippen LogP contribution in [0.25, 0.3) is 0 Å². The van der Waals surface area contributed by atoms with Gasteiger partial charge in [-0.05, 0) is 38.1 Å². The largest absolute Gasteiger partial charge is 0.393 e. The number of hydrogen-bond donors (Lipinski definition) is 1. The summed E-state index contributed by atoms with van der Waals surface area (Å²) in [6, 6.07) is 0. The van der Waals surface area contributed by atoms with Gasteiger partial charge in [-0.3, -0.25) is 0 Å². The van der Waals surface area contributed by atoms with Crippen LogP contribution < -0.4 is 0 Å². The summed E-state index contributed by atoms with van der Waals surface area (Å²) in [5.74, 6) is 1.33. The zero-order chi connectivity index (χ0) is 10.6. The van der Waals surface area contributed by atoms with Crippen molar-refractivity contribution in [2.75, 3.05) is 19.6 Å². The Bertz CT molecular complexity index is 158. The molecule has 0 amide bonds. The minimum absolute atomic E-state index is 0.124. The number of aliphatic hydroxyl groups is 1. The number of nitrogens with zero attached hydrogens (tertiary/aromatic N) is 1. The maximum absolute atomic E-state index is 9.48. The molecule has 0 radical (unpaired) electrons. The first-order chi connectivity index (χ1) is 6.63. The van der Waals surface area contributed by atoms with Gasteiger partial charge in [0, 0.05) is 13.1 Å². The molecule has 0 bridgehead atoms. The minimum Gasteiger partial charge on any atom is -0.393 e. The molecule has 1 fully saturated rings. The number of rotatable bonds is 5. The molecule has 1 N–H and O–H groups in total. The van der Waals surface area contributed by atoms with Crippen LogP contribution in [-0.2, 0) is 0 Å². The van der Waals surface area contributed by atoms with E-state index in [1.165, 1.54) is 32.4 Å². The molecule has 0 aromatic rings. The molecule has 0 aliphatic carbocycles. The van der Waals surface area contributed by atoms with Crippen LogP contribution in [0.2, 0.25) is 0 Å². The number of hydrogen-bond acceptors (Lipinski definition) is 2. The smallest absolute Gasteiger partial charge is 0.0552 e. The van der Waals surface area contributed by atoms with Gasteiger partial charge in [0.2, 0.25) is 0 Å². The molecule has 1 rings (SSSR count). The molecule has 2 nitrogen and oxygen atoms in total. The molecular formula is C12H25NO. The highest BCUT2D eigenvalue weighted by Crippen LogP contribution is 2.21. The Morgan fingerprint density at radius 3 is 2.64 bits per heavy atom. The van der Waals surface area contributed by atoms with Gasteiger partial charge in [0.05, 0.1) is 6.10 Å². The van der Waals surface area contributed by atoms with E-state index in [1.54, 1.807) is 0 Å². The lowest BCUT2D eigenvalue weighted by atomic mass is 10.0. The van der Waals surface area contributed by atoms with Gasteiger partial charge in [-0.15, -0.1) is 0 Å². The van der Waals surface area contributed by atoms with Crippen molar-refractivity contribution in [1.82, 2.24) is 4.90 Å². The summed E-state index contributed by atoms with van der Waals surface area (Å²) >= 11 is 0. The first-order valence-electron chi connectivity index (χ1n) is 6.04. The molecule has 1 aliphatic heterocycles. The van der Waals surface area contributed by atoms with Crippen LogP contribution >= 0.6 is 0 Å². The predicted octanol–water partition coefficient (Wildman–Crippen LogP) is 2.13. The summed E-state index contributed by atoms with van der Waals surface area (Å²) in [4.78, 5) is 2.51. The van der Waals surface area contributed by atoms with Crippen molar-refractivity contribution in [2.24, 2.45) is 11.8 Å². The normalized spacial score (nSPS) is 27.9. The molecule has 2 heteroatoms. The van der Waals surface area contributed by atoms with Crippen molar-refractivity contribution in [3.63, 3.8) is 0 Å². The van der Waals surface area contributed by atoms with Crippen LogP contribution in [0.3, 0.4) is 0 Å². The van der Waals surface area contributed by atoms with Gasteiger partial charge in [0.15, 0.2) is 0 Å². The second-order valence-electron chi connectivity index (χ2n) is 4.94. The highest BCUT2D eigenvalue weighted by atomic mass is 16.3. The summed E-state index contributed by atoms with van der Waals surface area (Å²) in [5.41, 5.74) is 0. The van der Waals surface area contributed by atoms with Crippen LogP contribution in [0, 0.1) is 11.8 Å². The van der Waals surface area contributed by atoms with Gasteiger partial charge in [-0.25, -0.2) is 0 Å². The number of aliphatic hydroxyl groups excluding tert-OH is 1. The summed E-state index contributed by atoms with van der Waals surface area (Å²) in [7, 11) is 0. The zero-order valence-electron chi connectivity index (χ0n) is 9.87. The lowest BCUT2D eigenvalue weighted by Gasteiger charge is -2.21. The molecule has 1 saturated heterocycles. The predicted molar refractivity (Wildman–Crippen MR) is 60.3 cm³/mol. The lowest BCUT2D eigenvalue weighted by Crippen LogP contribution is -2.28. The maximum Gasteiger partial charge on any atom is 0.0552 e. The van der Waals surface area contributed by atoms with Gasteiger partial charge in [0.1, 0.15) is 0 Å². The highest BCUT2D eigenvalue weighted by Gasteiger charge is 2.26. The van der Waals surface area contributed by atoms with Crippen LogP contribution in [-0.4, -0.2) is 35.7 Å². The van der Waals surface area contributed by atoms with E-state index >= 15 is 0 Å². The Hall–Kier alpha value is -0.0800. The van der Waals surface area contributed by atoms with Crippen LogP contribution in [0.4, 0.5) is 0 Å². The number of likely N-dealkylation sites (tertiary alicyclic amines) is 1. The molecule has 0 spiro atoms. The monoisotopic (exact) mass is 199 g/mol. The molecule has 84 valence electrons. The second kappa shape index (κ2) is 5.72. The summed E-state index contributed by atoms with van der Waals surface area (Å²) in [6.45, 7) is 10.0. The van der Waals surface area contributed by atoms with Crippen molar-refractivity contribution in [2.45, 2.75) is 46.1 Å². The third-order valence-electron chi connectivity index (χ3n) is 3.34. The molecule has 3 atom stereocenters. The zero-order valence-corrected chi connectivity index (χ0v) is 9.87. The Kier molecular flexibility index (Phi) is 4.90. The highest BCUT2D eigenvalue weighted by molar-refractivity contribution is 4.79. The fourth-order valence-corrected chi connectivity index (χ4v) is 2.45. The fourth-order valence-electron chi connectivity index (χ4n) is 2.45. The van der Waals surface area contributed by atoms with Crippen LogP contribution in [0.5, 0.6) is 0 Å². The topological polar surface area (TPSA) is 23.5 Å². The Balaban J connectivity index is 2.21. The Morgan fingerprint density at radius 1 is 1.43 bits per heavy atom. The van der Waals surface area contributed by atoms with Crippen molar-refractivity contribution >= 4 is 0 Å². The SMILES string of the molecule is CCCC(C)CN1CCC(C(C)O)C1. The van der Waals surface area contributed by atoms with Crippen molar-refractivity contribution in [1.29, 1.82) is 0 Å². The molecule has 3 unspecified atom stereocenters. The van der Waals surface area contributed by atoms with E-state index in [-0.39, 0.29) is 6.10 Å². The van der Waals surface area contributed by atoms with Gasteiger partial charge in [0.25, 0.3) is 0 Å². The van der Waals surface area contributed by atoms with E-state index in [0.29, 0.717) is 5.92 Å². The van der Waals surface area contributed by atoms with Crippen LogP contribution in [0.1, 0.15) is 40.0 Å². The van der Waals surface area contributed by atoms with E-state index in [2.05, 4.69) is 18.7 Å². The van der Waals surface area contributed by atoms with Crippen molar-refractivity contribution in [3.8, 4) is 0 Å². The fraction of sp³-hybridized carbons (Fsp3) is 1.00. The quantitative estimate of drug-likeness (QED) is 0.733. The van der Waals surface area contributed by atoms with Gasteiger partial charge in [-0.2, -0.15) is 0 Å². The van der Waals surface area contributed by atoms with E-state index in [9.17, 15) is 5.11 Å². The minimum atomic E-state index is -0.124. The summed E-state index contributed by atoms with van der Waals surface area (Å²) in [6.07, 6.45) is 3.67. The Morgan fingerprint density at radius 2 is 2.14 bits per heavy atom. The van der Waals surface area contributed by atoms with Crippen molar-refractivity contribution in [3.05, 3.63) is 0 Å². The van der Waals surface area contributed by atoms with E-state index in [1.807, 2.05) is 6.92 Å². The average molecular weight is 199 g/mol. The lowest BCUT2D eigenvalue weighted by molar-refractivity contribution is 0.126. The molecule has 0 saturated carbocycles. The first-order valence-corrected chi connectivity index (χ1v) is 6.04. The van der Waals surface area contributed by atoms with Crippen molar-refractivity contribution < 1.29 is 5.11 Å². The van der Waals surface area contributed by atoms with Gasteiger partial charge in [-0.1, -0.05) is 20.3 Å². The van der Waals surface area contributed by atoms with Gasteiger partial charge < -0.3 is 10.0 Å². The molecule has 14 heavy (non-hydrogen) atoms. The van der Waals surface area contributed by atoms with E-state index < -0.39 is 0 Å². The van der Waals surface area contributed by atoms with E-state index in [0.717, 1.165) is 12.5 Å². The van der Waals surface area contributed by atoms with Crippen LogP contribution in [0.15, 0.2) is 0 Å². The molecule has 1 heterocycles. The molecule has 1 aliphatic rings. The van der Waals surface area contributed by atoms with Gasteiger partial charge >= 0.3 is 0 Å². The molecule has 0 aromatic carbocycles. The Labute approximate surface area is 88.3 Å². The standard InChI is InChI=1S/C12H25NO/c1-4-5-10(2)8-13-7-6-12(9-13)11(3)14/h10-12,14H,4-9H2,1-3H3. The summed E-state index contributed by atoms with van der Waals surface area (Å²) < 4.78 is 0. The molecule has 0 aromatic heterocycles. The molecular weight excluding hydrogens is 174 g/mol. The summed E-state index contributed by atoms with van der Waals surface area (Å²) in [5, 5.41) is 9.48. The first kappa shape index (κ1) is 12.0. The van der Waals surface area contributed by atoms with E-state index in [4.69, 9.17) is 0 Å². The average Bonchev–Trinajstić information content (AvgIpc) is 2.53. The third kappa shape index (κ3) is 3.58. The second-order valence-corrected chi connectivity index (χ2v) is 4.94. The third-order valence-corrected chi connectivity index (χ3v) is 3.34. The maximum atomic E-state index is 9.48.